The van der Waals surface area contributed by atoms with Crippen molar-refractivity contribution in [2.75, 3.05) is 5.32 Å². The van der Waals surface area contributed by atoms with E-state index in [1.807, 2.05) is 25.5 Å². The molecule has 186 valence electrons. The zero-order valence-electron chi connectivity index (χ0n) is 21.4. The highest BCUT2D eigenvalue weighted by Crippen LogP contribution is 2.36. The van der Waals surface area contributed by atoms with Gasteiger partial charge in [-0.25, -0.2) is 9.67 Å². The van der Waals surface area contributed by atoms with Gasteiger partial charge in [0.2, 0.25) is 0 Å². The van der Waals surface area contributed by atoms with Crippen molar-refractivity contribution in [2.45, 2.75) is 64.3 Å². The zero-order valence-corrected chi connectivity index (χ0v) is 21.4. The maximum absolute atomic E-state index is 13.1. The number of hydrogen-bond acceptors (Lipinski definition) is 6. The number of rotatable bonds is 6. The summed E-state index contributed by atoms with van der Waals surface area (Å²) in [6.45, 7) is 6.15. The van der Waals surface area contributed by atoms with Gasteiger partial charge in [-0.3, -0.25) is 9.48 Å². The molecule has 8 nitrogen and oxygen atoms in total. The smallest absolute Gasteiger partial charge is 0.185 e. The van der Waals surface area contributed by atoms with Crippen LogP contribution in [-0.2, 0) is 19.0 Å². The Morgan fingerprint density at radius 2 is 1.94 bits per heavy atom. The van der Waals surface area contributed by atoms with Gasteiger partial charge in [-0.2, -0.15) is 5.10 Å². The summed E-state index contributed by atoms with van der Waals surface area (Å²) >= 11 is 0. The molecule has 3 heterocycles. The van der Waals surface area contributed by atoms with Crippen LogP contribution in [0.1, 0.15) is 74.0 Å². The number of nitrogens with zero attached hydrogens (tertiary/aromatic N) is 6. The van der Waals surface area contributed by atoms with Crippen LogP contribution in [0.4, 0.5) is 11.5 Å². The van der Waals surface area contributed by atoms with Crippen molar-refractivity contribution >= 4 is 17.3 Å². The molecule has 0 unspecified atom stereocenters. The minimum Gasteiger partial charge on any atom is -0.338 e. The molecule has 1 aliphatic carbocycles. The van der Waals surface area contributed by atoms with Gasteiger partial charge in [-0.1, -0.05) is 29.8 Å². The van der Waals surface area contributed by atoms with E-state index in [4.69, 9.17) is 0 Å². The second kappa shape index (κ2) is 9.68. The first kappa shape index (κ1) is 23.9. The Hall–Kier alpha value is -3.81. The number of fused-ring (bicyclic) bond motifs is 1. The van der Waals surface area contributed by atoms with Crippen molar-refractivity contribution in [3.63, 3.8) is 0 Å². The zero-order chi connectivity index (χ0) is 25.3. The fraction of sp³-hybridized carbons (Fsp3) is 0.393. The number of carbonyl (C=O) groups excluding carboxylic acids is 1. The third-order valence-corrected chi connectivity index (χ3v) is 6.80. The molecule has 0 amide bonds. The largest absolute Gasteiger partial charge is 0.338 e. The monoisotopic (exact) mass is 483 g/mol. The molecule has 1 atom stereocenters. The second-order valence-electron chi connectivity index (χ2n) is 10.7. The quantitative estimate of drug-likeness (QED) is 0.281. The summed E-state index contributed by atoms with van der Waals surface area (Å²) in [5.41, 5.74) is 6.05. The molecule has 3 aromatic heterocycles. The van der Waals surface area contributed by atoms with Crippen LogP contribution in [-0.4, -0.2) is 35.5 Å². The van der Waals surface area contributed by atoms with E-state index < -0.39 is 0 Å². The van der Waals surface area contributed by atoms with E-state index >= 15 is 0 Å². The molecule has 0 spiro atoms. The Morgan fingerprint density at radius 3 is 2.69 bits per heavy atom. The summed E-state index contributed by atoms with van der Waals surface area (Å²) in [6.07, 6.45) is 12.1. The number of anilines is 2. The van der Waals surface area contributed by atoms with Gasteiger partial charge in [0.25, 0.3) is 0 Å². The summed E-state index contributed by atoms with van der Waals surface area (Å²) in [7, 11) is 1.89. The maximum atomic E-state index is 13.1. The summed E-state index contributed by atoms with van der Waals surface area (Å²) in [5.74, 6) is 1.04. The lowest BCUT2D eigenvalue weighted by Gasteiger charge is -2.18. The number of nitrogens with one attached hydrogen (secondary N) is 1. The Morgan fingerprint density at radius 1 is 1.11 bits per heavy atom. The van der Waals surface area contributed by atoms with Crippen molar-refractivity contribution in [3.8, 4) is 11.1 Å². The van der Waals surface area contributed by atoms with Crippen molar-refractivity contribution in [1.29, 1.82) is 0 Å². The molecular weight excluding hydrogens is 450 g/mol. The molecular formula is C28H33N7O. The molecule has 1 aromatic carbocycles. The molecule has 0 saturated carbocycles. The van der Waals surface area contributed by atoms with E-state index in [0.717, 1.165) is 48.3 Å². The number of hydrogen-bond donors (Lipinski definition) is 1. The number of aryl methyl sites for hydroxylation is 2. The van der Waals surface area contributed by atoms with Crippen LogP contribution in [0.3, 0.4) is 0 Å². The number of carbonyl (C=O) groups is 1. The van der Waals surface area contributed by atoms with Gasteiger partial charge < -0.3 is 5.32 Å². The summed E-state index contributed by atoms with van der Waals surface area (Å²) in [6, 6.07) is 10.8. The van der Waals surface area contributed by atoms with Crippen LogP contribution in [0, 0.1) is 0 Å². The van der Waals surface area contributed by atoms with Crippen LogP contribution in [0.2, 0.25) is 0 Å². The van der Waals surface area contributed by atoms with Crippen molar-refractivity contribution in [2.24, 2.45) is 7.05 Å². The highest BCUT2D eigenvalue weighted by Gasteiger charge is 2.25. The van der Waals surface area contributed by atoms with E-state index in [9.17, 15) is 4.79 Å². The van der Waals surface area contributed by atoms with E-state index in [1.54, 1.807) is 21.8 Å². The standard InChI is InChI=1S/C28H33N7O/c1-28(2,3)35-18-25(32-33-35)26(36)14-22-8-6-5-7-21-13-19(9-10-24(21)22)20-11-12-29-27(15-20)31-23-16-30-34(4)17-23/h9-13,15-18,22H,5-8,14H2,1-4H3,(H,29,31)/t22-/m0/s1. The van der Waals surface area contributed by atoms with Gasteiger partial charge in [-0.05, 0) is 80.3 Å². The summed E-state index contributed by atoms with van der Waals surface area (Å²) in [4.78, 5) is 17.6. The molecule has 8 heteroatoms. The fourth-order valence-corrected chi connectivity index (χ4v) is 4.83. The lowest BCUT2D eigenvalue weighted by atomic mass is 9.86. The molecule has 1 aliphatic rings. The number of aromatic nitrogens is 6. The van der Waals surface area contributed by atoms with E-state index in [-0.39, 0.29) is 17.2 Å². The van der Waals surface area contributed by atoms with Crippen LogP contribution in [0.5, 0.6) is 0 Å². The molecule has 0 radical (unpaired) electrons. The molecule has 0 bridgehead atoms. The summed E-state index contributed by atoms with van der Waals surface area (Å²) < 4.78 is 3.52. The minimum absolute atomic E-state index is 0.0627. The highest BCUT2D eigenvalue weighted by atomic mass is 16.1. The van der Waals surface area contributed by atoms with Crippen molar-refractivity contribution in [1.82, 2.24) is 29.8 Å². The lowest BCUT2D eigenvalue weighted by Crippen LogP contribution is -2.22. The number of ketones is 1. The van der Waals surface area contributed by atoms with Gasteiger partial charge in [0.1, 0.15) is 11.5 Å². The lowest BCUT2D eigenvalue weighted by molar-refractivity contribution is 0.0967. The Bertz CT molecular complexity index is 1380. The van der Waals surface area contributed by atoms with Crippen molar-refractivity contribution in [3.05, 3.63) is 71.9 Å². The maximum Gasteiger partial charge on any atom is 0.185 e. The minimum atomic E-state index is -0.197. The average Bonchev–Trinajstić information content (AvgIpc) is 3.46. The number of Topliss-reactive ketones (excluding diaryl/α,β-unsaturated/α-hetero) is 1. The molecule has 5 rings (SSSR count). The Kier molecular flexibility index (Phi) is 6.43. The van der Waals surface area contributed by atoms with Gasteiger partial charge in [0.15, 0.2) is 5.78 Å². The van der Waals surface area contributed by atoms with E-state index in [0.29, 0.717) is 12.1 Å². The van der Waals surface area contributed by atoms with Crippen LogP contribution >= 0.6 is 0 Å². The van der Waals surface area contributed by atoms with Gasteiger partial charge >= 0.3 is 0 Å². The SMILES string of the molecule is Cn1cc(Nc2cc(-c3ccc4c(c3)CCCC[C@H]4CC(=O)c3cn(C(C)(C)C)nn3)ccn2)cn1. The van der Waals surface area contributed by atoms with Gasteiger partial charge in [0, 0.05) is 25.9 Å². The number of benzene rings is 1. The second-order valence-corrected chi connectivity index (χ2v) is 10.7. The highest BCUT2D eigenvalue weighted by molar-refractivity contribution is 5.94. The predicted octanol–water partition coefficient (Wildman–Crippen LogP) is 5.66. The van der Waals surface area contributed by atoms with E-state index in [1.165, 1.54) is 11.1 Å². The first-order chi connectivity index (χ1) is 17.3. The Balaban J connectivity index is 1.36. The van der Waals surface area contributed by atoms with Crippen LogP contribution in [0.25, 0.3) is 11.1 Å². The Labute approximate surface area is 211 Å². The molecule has 0 saturated heterocycles. The molecule has 1 N–H and O–H groups in total. The molecule has 0 fully saturated rings. The topological polar surface area (TPSA) is 90.5 Å². The first-order valence-electron chi connectivity index (χ1n) is 12.6. The van der Waals surface area contributed by atoms with Gasteiger partial charge in [0.05, 0.1) is 23.6 Å². The van der Waals surface area contributed by atoms with E-state index in [2.05, 4.69) is 70.7 Å². The first-order valence-corrected chi connectivity index (χ1v) is 12.6. The van der Waals surface area contributed by atoms with Crippen molar-refractivity contribution < 1.29 is 4.79 Å². The molecule has 36 heavy (non-hydrogen) atoms. The fourth-order valence-electron chi connectivity index (χ4n) is 4.83. The third-order valence-electron chi connectivity index (χ3n) is 6.80. The van der Waals surface area contributed by atoms with Crippen LogP contribution < -0.4 is 5.32 Å². The third kappa shape index (κ3) is 5.22. The van der Waals surface area contributed by atoms with Crippen LogP contribution in [0.15, 0.2) is 55.1 Å². The molecule has 0 aliphatic heterocycles. The number of pyridine rings is 1. The molecule has 4 aromatic rings. The average molecular weight is 484 g/mol. The summed E-state index contributed by atoms with van der Waals surface area (Å²) in [5, 5.41) is 15.9. The normalized spacial score (nSPS) is 15.8. The predicted molar refractivity (Wildman–Crippen MR) is 140 cm³/mol. The van der Waals surface area contributed by atoms with Gasteiger partial charge in [-0.15, -0.1) is 5.10 Å².